The monoisotopic (exact) mass is 381 g/mol. The van der Waals surface area contributed by atoms with Gasteiger partial charge in [0, 0.05) is 37.0 Å². The highest BCUT2D eigenvalue weighted by atomic mass is 16.2. The van der Waals surface area contributed by atoms with E-state index in [4.69, 9.17) is 0 Å². The van der Waals surface area contributed by atoms with Crippen molar-refractivity contribution >= 4 is 11.8 Å². The second-order valence-corrected chi connectivity index (χ2v) is 7.69. The van der Waals surface area contributed by atoms with Gasteiger partial charge in [0.1, 0.15) is 0 Å². The van der Waals surface area contributed by atoms with Gasteiger partial charge in [0.05, 0.1) is 12.2 Å². The van der Waals surface area contributed by atoms with Gasteiger partial charge in [0.15, 0.2) is 0 Å². The van der Waals surface area contributed by atoms with Crippen molar-refractivity contribution in [3.63, 3.8) is 0 Å². The Bertz CT molecular complexity index is 814. The van der Waals surface area contributed by atoms with E-state index in [1.807, 2.05) is 29.2 Å². The number of hydrogen-bond acceptors (Lipinski definition) is 4. The number of hydrogen-bond donors (Lipinski definition) is 3. The molecule has 2 fully saturated rings. The lowest BCUT2D eigenvalue weighted by Crippen LogP contribution is -2.46. The molecule has 7 heteroatoms. The lowest BCUT2D eigenvalue weighted by atomic mass is 9.95. The van der Waals surface area contributed by atoms with E-state index in [1.54, 1.807) is 12.4 Å². The standard InChI is InChI=1S/C21H27N5O2/c27-20(19-8-3-9-22-19)23-11-15-5-4-10-26(14-15)21(28)18-7-2-1-6-17(18)16-12-24-25-13-16/h1-2,6-7,12-13,15,19,22H,3-5,8-11,14H2,(H,23,27)(H,24,25). The molecule has 3 N–H and O–H groups in total. The average Bonchev–Trinajstić information content (AvgIpc) is 3.46. The molecule has 4 rings (SSSR count). The number of rotatable bonds is 5. The molecule has 2 atom stereocenters. The minimum Gasteiger partial charge on any atom is -0.354 e. The van der Waals surface area contributed by atoms with Crippen LogP contribution in [-0.2, 0) is 4.79 Å². The SMILES string of the molecule is O=C(NCC1CCCN(C(=O)c2ccccc2-c2cn[nH]c2)C1)C1CCCN1. The number of aromatic amines is 1. The van der Waals surface area contributed by atoms with Crippen LogP contribution in [0.5, 0.6) is 0 Å². The Kier molecular flexibility index (Phi) is 5.71. The third-order valence-corrected chi connectivity index (χ3v) is 5.71. The van der Waals surface area contributed by atoms with Gasteiger partial charge in [-0.3, -0.25) is 14.7 Å². The van der Waals surface area contributed by atoms with Gasteiger partial charge in [0.2, 0.25) is 5.91 Å². The number of carbonyl (C=O) groups is 2. The van der Waals surface area contributed by atoms with E-state index in [-0.39, 0.29) is 17.9 Å². The Balaban J connectivity index is 1.39. The van der Waals surface area contributed by atoms with E-state index in [0.29, 0.717) is 24.6 Å². The topological polar surface area (TPSA) is 90.1 Å². The van der Waals surface area contributed by atoms with Crippen LogP contribution in [0.1, 0.15) is 36.0 Å². The average molecular weight is 381 g/mol. The highest BCUT2D eigenvalue weighted by Crippen LogP contribution is 2.26. The molecule has 7 nitrogen and oxygen atoms in total. The molecule has 1 aromatic carbocycles. The van der Waals surface area contributed by atoms with E-state index in [2.05, 4.69) is 20.8 Å². The highest BCUT2D eigenvalue weighted by molar-refractivity contribution is 6.00. The Labute approximate surface area is 164 Å². The maximum atomic E-state index is 13.2. The van der Waals surface area contributed by atoms with Crippen LogP contribution in [0.15, 0.2) is 36.7 Å². The van der Waals surface area contributed by atoms with Gasteiger partial charge in [-0.25, -0.2) is 0 Å². The molecule has 3 heterocycles. The van der Waals surface area contributed by atoms with Crippen molar-refractivity contribution in [2.45, 2.75) is 31.7 Å². The van der Waals surface area contributed by atoms with E-state index in [1.165, 1.54) is 0 Å². The minimum absolute atomic E-state index is 0.0466. The number of benzene rings is 1. The molecule has 2 saturated heterocycles. The molecular formula is C21H27N5O2. The molecular weight excluding hydrogens is 354 g/mol. The van der Waals surface area contributed by atoms with Crippen LogP contribution in [0, 0.1) is 5.92 Å². The maximum Gasteiger partial charge on any atom is 0.254 e. The smallest absolute Gasteiger partial charge is 0.254 e. The molecule has 0 bridgehead atoms. The van der Waals surface area contributed by atoms with Crippen molar-refractivity contribution in [1.29, 1.82) is 0 Å². The molecule has 2 aliphatic heterocycles. The molecule has 2 aromatic rings. The number of nitrogens with one attached hydrogen (secondary N) is 3. The lowest BCUT2D eigenvalue weighted by molar-refractivity contribution is -0.123. The summed E-state index contributed by atoms with van der Waals surface area (Å²) in [5.74, 6) is 0.431. The number of amides is 2. The number of carbonyl (C=O) groups excluding carboxylic acids is 2. The first kappa shape index (κ1) is 18.7. The zero-order chi connectivity index (χ0) is 19.3. The van der Waals surface area contributed by atoms with Crippen molar-refractivity contribution in [2.75, 3.05) is 26.2 Å². The molecule has 2 aliphatic rings. The third kappa shape index (κ3) is 4.09. The molecule has 0 spiro atoms. The van der Waals surface area contributed by atoms with Crippen molar-refractivity contribution in [3.05, 3.63) is 42.2 Å². The number of likely N-dealkylation sites (tertiary alicyclic amines) is 1. The number of piperidine rings is 1. The van der Waals surface area contributed by atoms with Crippen molar-refractivity contribution < 1.29 is 9.59 Å². The summed E-state index contributed by atoms with van der Waals surface area (Å²) in [6, 6.07) is 7.61. The maximum absolute atomic E-state index is 13.2. The number of nitrogens with zero attached hydrogens (tertiary/aromatic N) is 2. The first-order valence-corrected chi connectivity index (χ1v) is 10.1. The van der Waals surface area contributed by atoms with Crippen molar-refractivity contribution in [1.82, 2.24) is 25.7 Å². The fourth-order valence-corrected chi connectivity index (χ4v) is 4.18. The molecule has 28 heavy (non-hydrogen) atoms. The van der Waals surface area contributed by atoms with Gasteiger partial charge in [-0.1, -0.05) is 18.2 Å². The Morgan fingerprint density at radius 2 is 2.11 bits per heavy atom. The molecule has 0 aliphatic carbocycles. The van der Waals surface area contributed by atoms with Crippen LogP contribution in [-0.4, -0.2) is 59.1 Å². The normalized spacial score (nSPS) is 22.2. The van der Waals surface area contributed by atoms with E-state index < -0.39 is 0 Å². The minimum atomic E-state index is -0.0526. The molecule has 2 unspecified atom stereocenters. The summed E-state index contributed by atoms with van der Waals surface area (Å²) in [6.07, 6.45) is 7.49. The van der Waals surface area contributed by atoms with Gasteiger partial charge in [0.25, 0.3) is 5.91 Å². The van der Waals surface area contributed by atoms with E-state index in [9.17, 15) is 9.59 Å². The van der Waals surface area contributed by atoms with Gasteiger partial charge in [-0.05, 0) is 49.8 Å². The molecule has 0 radical (unpaired) electrons. The fraction of sp³-hybridized carbons (Fsp3) is 0.476. The third-order valence-electron chi connectivity index (χ3n) is 5.71. The number of aromatic nitrogens is 2. The summed E-state index contributed by atoms with van der Waals surface area (Å²) in [5.41, 5.74) is 2.50. The zero-order valence-corrected chi connectivity index (χ0v) is 16.0. The van der Waals surface area contributed by atoms with Gasteiger partial charge >= 0.3 is 0 Å². The Morgan fingerprint density at radius 3 is 2.89 bits per heavy atom. The largest absolute Gasteiger partial charge is 0.354 e. The summed E-state index contributed by atoms with van der Waals surface area (Å²) < 4.78 is 0. The molecule has 0 saturated carbocycles. The summed E-state index contributed by atoms with van der Waals surface area (Å²) in [5, 5.41) is 13.1. The summed E-state index contributed by atoms with van der Waals surface area (Å²) in [7, 11) is 0. The molecule has 2 amide bonds. The van der Waals surface area contributed by atoms with E-state index >= 15 is 0 Å². The Morgan fingerprint density at radius 1 is 1.21 bits per heavy atom. The first-order valence-electron chi connectivity index (χ1n) is 10.1. The van der Waals surface area contributed by atoms with Gasteiger partial charge in [-0.15, -0.1) is 0 Å². The van der Waals surface area contributed by atoms with Crippen LogP contribution in [0.3, 0.4) is 0 Å². The van der Waals surface area contributed by atoms with Crippen LogP contribution < -0.4 is 10.6 Å². The molecule has 1 aromatic heterocycles. The predicted molar refractivity (Wildman–Crippen MR) is 107 cm³/mol. The lowest BCUT2D eigenvalue weighted by Gasteiger charge is -2.33. The Hall–Kier alpha value is -2.67. The molecule has 148 valence electrons. The second kappa shape index (κ2) is 8.56. The predicted octanol–water partition coefficient (Wildman–Crippen LogP) is 1.80. The summed E-state index contributed by atoms with van der Waals surface area (Å²) in [4.78, 5) is 27.4. The quantitative estimate of drug-likeness (QED) is 0.737. The van der Waals surface area contributed by atoms with E-state index in [0.717, 1.165) is 49.9 Å². The van der Waals surface area contributed by atoms with Crippen LogP contribution in [0.2, 0.25) is 0 Å². The van der Waals surface area contributed by atoms with Crippen molar-refractivity contribution in [3.8, 4) is 11.1 Å². The van der Waals surface area contributed by atoms with Crippen LogP contribution in [0.25, 0.3) is 11.1 Å². The number of H-pyrrole nitrogens is 1. The van der Waals surface area contributed by atoms with Crippen LogP contribution in [0.4, 0.5) is 0 Å². The van der Waals surface area contributed by atoms with Crippen LogP contribution >= 0.6 is 0 Å². The zero-order valence-electron chi connectivity index (χ0n) is 16.0. The first-order chi connectivity index (χ1) is 13.7. The van der Waals surface area contributed by atoms with Gasteiger partial charge in [-0.2, -0.15) is 5.10 Å². The highest BCUT2D eigenvalue weighted by Gasteiger charge is 2.27. The summed E-state index contributed by atoms with van der Waals surface area (Å²) >= 11 is 0. The van der Waals surface area contributed by atoms with Crippen molar-refractivity contribution in [2.24, 2.45) is 5.92 Å². The van der Waals surface area contributed by atoms with Gasteiger partial charge < -0.3 is 15.5 Å². The summed E-state index contributed by atoms with van der Waals surface area (Å²) in [6.45, 7) is 2.98. The second-order valence-electron chi connectivity index (χ2n) is 7.69. The fourth-order valence-electron chi connectivity index (χ4n) is 4.18.